The molecular weight excluding hydrogens is 303 g/mol. The highest BCUT2D eigenvalue weighted by Gasteiger charge is 2.14. The zero-order valence-electron chi connectivity index (χ0n) is 12.7. The van der Waals surface area contributed by atoms with Gasteiger partial charge in [0.2, 0.25) is 11.8 Å². The number of carboxylic acid groups (broad SMARTS) is 1. The van der Waals surface area contributed by atoms with Crippen LogP contribution >= 0.6 is 0 Å². The third-order valence-electron chi connectivity index (χ3n) is 3.29. The van der Waals surface area contributed by atoms with E-state index in [4.69, 9.17) is 9.52 Å². The molecule has 0 saturated carbocycles. The Kier molecular flexibility index (Phi) is 5.46. The molecule has 1 aromatic heterocycles. The lowest BCUT2D eigenvalue weighted by Crippen LogP contribution is -2.29. The summed E-state index contributed by atoms with van der Waals surface area (Å²) in [7, 11) is 1.62. The topological polar surface area (TPSA) is 83.6 Å². The molecule has 0 radical (unpaired) electrons. The average molecular weight is 320 g/mol. The smallest absolute Gasteiger partial charge is 0.303 e. The second-order valence-electron chi connectivity index (χ2n) is 5.14. The van der Waals surface area contributed by atoms with Crippen LogP contribution in [0, 0.1) is 5.82 Å². The number of benzene rings is 1. The molecule has 1 amide bonds. The van der Waals surface area contributed by atoms with Crippen LogP contribution in [0.25, 0.3) is 11.5 Å². The number of oxazole rings is 1. The van der Waals surface area contributed by atoms with E-state index in [0.717, 1.165) is 0 Å². The van der Waals surface area contributed by atoms with Crippen molar-refractivity contribution >= 4 is 11.9 Å². The van der Waals surface area contributed by atoms with E-state index in [0.29, 0.717) is 30.1 Å². The molecule has 1 N–H and O–H groups in total. The van der Waals surface area contributed by atoms with Gasteiger partial charge in [-0.2, -0.15) is 0 Å². The summed E-state index contributed by atoms with van der Waals surface area (Å²) in [5, 5.41) is 8.58. The molecule has 6 nitrogen and oxygen atoms in total. The number of carbonyl (C=O) groups is 2. The average Bonchev–Trinajstić information content (AvgIpc) is 2.96. The normalized spacial score (nSPS) is 10.5. The molecule has 0 saturated heterocycles. The molecule has 2 aromatic rings. The molecule has 0 bridgehead atoms. The summed E-state index contributed by atoms with van der Waals surface area (Å²) >= 11 is 0. The van der Waals surface area contributed by atoms with Crippen LogP contribution in [-0.2, 0) is 16.0 Å². The van der Waals surface area contributed by atoms with Crippen molar-refractivity contribution in [1.29, 1.82) is 0 Å². The van der Waals surface area contributed by atoms with Crippen LogP contribution in [-0.4, -0.2) is 40.5 Å². The molecule has 2 rings (SSSR count). The van der Waals surface area contributed by atoms with Crippen LogP contribution in [0.15, 0.2) is 34.9 Å². The Morgan fingerprint density at radius 3 is 2.65 bits per heavy atom. The van der Waals surface area contributed by atoms with Crippen molar-refractivity contribution in [3.8, 4) is 11.5 Å². The fourth-order valence-corrected chi connectivity index (χ4v) is 2.00. The van der Waals surface area contributed by atoms with Crippen LogP contribution in [0.2, 0.25) is 0 Å². The Labute approximate surface area is 132 Å². The number of rotatable bonds is 7. The molecular formula is C16H17FN2O4. The van der Waals surface area contributed by atoms with Crippen LogP contribution in [0.3, 0.4) is 0 Å². The fourth-order valence-electron chi connectivity index (χ4n) is 2.00. The van der Waals surface area contributed by atoms with E-state index in [1.54, 1.807) is 19.2 Å². The zero-order chi connectivity index (χ0) is 16.8. The van der Waals surface area contributed by atoms with Crippen LogP contribution in [0.5, 0.6) is 0 Å². The van der Waals surface area contributed by atoms with Gasteiger partial charge in [0.05, 0.1) is 12.1 Å². The molecule has 23 heavy (non-hydrogen) atoms. The van der Waals surface area contributed by atoms with Gasteiger partial charge in [0.15, 0.2) is 0 Å². The number of carbonyl (C=O) groups excluding carboxylic acids is 1. The minimum absolute atomic E-state index is 0.0241. The summed E-state index contributed by atoms with van der Waals surface area (Å²) in [6.07, 6.45) is 1.88. The highest BCUT2D eigenvalue weighted by molar-refractivity contribution is 5.78. The lowest BCUT2D eigenvalue weighted by atomic mass is 10.2. The number of nitrogens with zero attached hydrogens (tertiary/aromatic N) is 2. The van der Waals surface area contributed by atoms with Gasteiger partial charge in [-0.3, -0.25) is 9.59 Å². The molecule has 0 spiro atoms. The molecule has 1 heterocycles. The number of hydrogen-bond acceptors (Lipinski definition) is 4. The third kappa shape index (κ3) is 4.91. The van der Waals surface area contributed by atoms with Gasteiger partial charge >= 0.3 is 5.97 Å². The number of likely N-dealkylation sites (N-methyl/N-ethyl adjacent to an activating group) is 1. The first kappa shape index (κ1) is 16.7. The molecule has 122 valence electrons. The molecule has 0 atom stereocenters. The van der Waals surface area contributed by atoms with E-state index in [-0.39, 0.29) is 24.6 Å². The van der Waals surface area contributed by atoms with Crippen molar-refractivity contribution in [1.82, 2.24) is 9.88 Å². The van der Waals surface area contributed by atoms with Gasteiger partial charge in [0.1, 0.15) is 12.1 Å². The summed E-state index contributed by atoms with van der Waals surface area (Å²) < 4.78 is 18.2. The number of carboxylic acids is 1. The van der Waals surface area contributed by atoms with Crippen molar-refractivity contribution in [3.63, 3.8) is 0 Å². The SMILES string of the molecule is CN(CCCC(=O)O)C(=O)Cc1coc(-c2ccc(F)cc2)n1. The quantitative estimate of drug-likeness (QED) is 0.846. The molecule has 7 heteroatoms. The predicted octanol–water partition coefficient (Wildman–Crippen LogP) is 2.35. The number of hydrogen-bond donors (Lipinski definition) is 1. The number of amides is 1. The van der Waals surface area contributed by atoms with Gasteiger partial charge < -0.3 is 14.4 Å². The minimum atomic E-state index is -0.883. The summed E-state index contributed by atoms with van der Waals surface area (Å²) in [5.74, 6) is -1.08. The maximum Gasteiger partial charge on any atom is 0.303 e. The standard InChI is InChI=1S/C16H17FN2O4/c1-19(8-2-3-15(21)22)14(20)9-13-10-23-16(18-13)11-4-6-12(17)7-5-11/h4-7,10H,2-3,8-9H2,1H3,(H,21,22). The minimum Gasteiger partial charge on any atom is -0.481 e. The monoisotopic (exact) mass is 320 g/mol. The molecule has 0 aliphatic rings. The third-order valence-corrected chi connectivity index (χ3v) is 3.29. The highest BCUT2D eigenvalue weighted by Crippen LogP contribution is 2.19. The van der Waals surface area contributed by atoms with Crippen molar-refractivity contribution in [2.75, 3.05) is 13.6 Å². The molecule has 0 fully saturated rings. The Morgan fingerprint density at radius 2 is 2.00 bits per heavy atom. The number of aliphatic carboxylic acids is 1. The molecule has 0 aliphatic carbocycles. The van der Waals surface area contributed by atoms with Gasteiger partial charge in [0, 0.05) is 25.6 Å². The molecule has 1 aromatic carbocycles. The van der Waals surface area contributed by atoms with Crippen LogP contribution < -0.4 is 0 Å². The summed E-state index contributed by atoms with van der Waals surface area (Å²) in [5.41, 5.74) is 1.10. The van der Waals surface area contributed by atoms with E-state index in [9.17, 15) is 14.0 Å². The van der Waals surface area contributed by atoms with Crippen molar-refractivity contribution < 1.29 is 23.5 Å². The Balaban J connectivity index is 1.92. The van der Waals surface area contributed by atoms with Gasteiger partial charge in [-0.15, -0.1) is 0 Å². The first-order valence-corrected chi connectivity index (χ1v) is 7.12. The Hall–Kier alpha value is -2.70. The molecule has 0 aliphatic heterocycles. The van der Waals surface area contributed by atoms with Gasteiger partial charge in [0.25, 0.3) is 0 Å². The Morgan fingerprint density at radius 1 is 1.30 bits per heavy atom. The first-order chi connectivity index (χ1) is 11.0. The second-order valence-corrected chi connectivity index (χ2v) is 5.14. The fraction of sp³-hybridized carbons (Fsp3) is 0.312. The maximum atomic E-state index is 12.9. The van der Waals surface area contributed by atoms with E-state index in [1.165, 1.54) is 23.3 Å². The summed E-state index contributed by atoms with van der Waals surface area (Å²) in [4.78, 5) is 28.2. The lowest BCUT2D eigenvalue weighted by molar-refractivity contribution is -0.138. The highest BCUT2D eigenvalue weighted by atomic mass is 19.1. The number of halogens is 1. The first-order valence-electron chi connectivity index (χ1n) is 7.12. The number of aromatic nitrogens is 1. The predicted molar refractivity (Wildman–Crippen MR) is 80.1 cm³/mol. The van der Waals surface area contributed by atoms with Crippen molar-refractivity contribution in [3.05, 3.63) is 42.0 Å². The Bertz CT molecular complexity index is 682. The second kappa shape index (κ2) is 7.53. The summed E-state index contributed by atoms with van der Waals surface area (Å²) in [6.45, 7) is 0.369. The van der Waals surface area contributed by atoms with Crippen molar-refractivity contribution in [2.45, 2.75) is 19.3 Å². The van der Waals surface area contributed by atoms with E-state index < -0.39 is 5.97 Å². The van der Waals surface area contributed by atoms with Crippen LogP contribution in [0.4, 0.5) is 4.39 Å². The van der Waals surface area contributed by atoms with Gasteiger partial charge in [-0.1, -0.05) is 0 Å². The van der Waals surface area contributed by atoms with Crippen molar-refractivity contribution in [2.24, 2.45) is 0 Å². The van der Waals surface area contributed by atoms with Gasteiger partial charge in [-0.05, 0) is 30.7 Å². The summed E-state index contributed by atoms with van der Waals surface area (Å²) in [6, 6.07) is 5.71. The van der Waals surface area contributed by atoms with E-state index in [2.05, 4.69) is 4.98 Å². The zero-order valence-corrected chi connectivity index (χ0v) is 12.7. The van der Waals surface area contributed by atoms with Gasteiger partial charge in [-0.25, -0.2) is 9.37 Å². The largest absolute Gasteiger partial charge is 0.481 e. The lowest BCUT2D eigenvalue weighted by Gasteiger charge is -2.15. The van der Waals surface area contributed by atoms with Crippen LogP contribution in [0.1, 0.15) is 18.5 Å². The maximum absolute atomic E-state index is 12.9. The van der Waals surface area contributed by atoms with E-state index in [1.807, 2.05) is 0 Å². The van der Waals surface area contributed by atoms with E-state index >= 15 is 0 Å². The molecule has 0 unspecified atom stereocenters.